The van der Waals surface area contributed by atoms with E-state index in [1.807, 2.05) is 11.3 Å². The van der Waals surface area contributed by atoms with E-state index in [0.717, 1.165) is 18.5 Å². The molecule has 16 heavy (non-hydrogen) atoms. The number of nitrogens with one attached hydrogen (secondary N) is 1. The number of thiophene rings is 1. The summed E-state index contributed by atoms with van der Waals surface area (Å²) in [6, 6.07) is 2.98. The second kappa shape index (κ2) is 5.83. The van der Waals surface area contributed by atoms with Crippen LogP contribution in [-0.2, 0) is 6.54 Å². The summed E-state index contributed by atoms with van der Waals surface area (Å²) < 4.78 is 0. The lowest BCUT2D eigenvalue weighted by Crippen LogP contribution is -2.27. The van der Waals surface area contributed by atoms with Gasteiger partial charge >= 0.3 is 0 Å². The molecule has 1 heterocycles. The van der Waals surface area contributed by atoms with Gasteiger partial charge in [-0.15, -0.1) is 11.3 Å². The molecule has 2 heteroatoms. The van der Waals surface area contributed by atoms with E-state index in [0.29, 0.717) is 0 Å². The zero-order valence-electron chi connectivity index (χ0n) is 10.5. The monoisotopic (exact) mass is 237 g/mol. The fraction of sp³-hybridized carbons (Fsp3) is 0.714. The Morgan fingerprint density at radius 2 is 2.19 bits per heavy atom. The van der Waals surface area contributed by atoms with Crippen molar-refractivity contribution in [3.63, 3.8) is 0 Å². The van der Waals surface area contributed by atoms with Crippen LogP contribution in [0.2, 0.25) is 0 Å². The van der Waals surface area contributed by atoms with Crippen LogP contribution in [0.5, 0.6) is 0 Å². The Hall–Kier alpha value is -0.340. The summed E-state index contributed by atoms with van der Waals surface area (Å²) in [4.78, 5) is 1.51. The molecular weight excluding hydrogens is 214 g/mol. The summed E-state index contributed by atoms with van der Waals surface area (Å²) in [6.07, 6.45) is 6.97. The van der Waals surface area contributed by atoms with Gasteiger partial charge in [0.15, 0.2) is 0 Å². The van der Waals surface area contributed by atoms with Crippen LogP contribution in [0.3, 0.4) is 0 Å². The Bertz CT molecular complexity index is 318. The van der Waals surface area contributed by atoms with Crippen LogP contribution in [0.25, 0.3) is 0 Å². The summed E-state index contributed by atoms with van der Waals surface area (Å²) in [5, 5.41) is 5.93. The predicted molar refractivity (Wildman–Crippen MR) is 71.9 cm³/mol. The van der Waals surface area contributed by atoms with Crippen molar-refractivity contribution in [1.82, 2.24) is 5.32 Å². The summed E-state index contributed by atoms with van der Waals surface area (Å²) in [5.74, 6) is 0.940. The minimum atomic E-state index is 0.756. The van der Waals surface area contributed by atoms with Crippen molar-refractivity contribution in [1.29, 1.82) is 0 Å². The molecule has 0 amide bonds. The molecule has 0 saturated heterocycles. The van der Waals surface area contributed by atoms with Crippen molar-refractivity contribution in [2.45, 2.75) is 58.5 Å². The first-order valence-corrected chi connectivity index (χ1v) is 7.40. The maximum atomic E-state index is 3.74. The molecule has 0 aliphatic heterocycles. The fourth-order valence-electron chi connectivity index (χ4n) is 2.51. The van der Waals surface area contributed by atoms with Gasteiger partial charge in [0.25, 0.3) is 0 Å². The van der Waals surface area contributed by atoms with Gasteiger partial charge in [-0.1, -0.05) is 19.8 Å². The normalized spacial score (nSPS) is 26.6. The highest BCUT2D eigenvalue weighted by Gasteiger charge is 2.15. The van der Waals surface area contributed by atoms with Crippen LogP contribution >= 0.6 is 11.3 Å². The first kappa shape index (κ1) is 12.1. The number of hydrogen-bond donors (Lipinski definition) is 1. The average Bonchev–Trinajstić information content (AvgIpc) is 2.55. The van der Waals surface area contributed by atoms with Gasteiger partial charge in [-0.2, -0.15) is 0 Å². The van der Waals surface area contributed by atoms with Crippen molar-refractivity contribution in [3.8, 4) is 0 Å². The molecule has 1 fully saturated rings. The Kier molecular flexibility index (Phi) is 4.42. The molecule has 2 atom stereocenters. The zero-order chi connectivity index (χ0) is 11.4. The lowest BCUT2D eigenvalue weighted by Gasteiger charge is -2.16. The molecule has 1 aromatic heterocycles. The molecule has 1 aromatic rings. The van der Waals surface area contributed by atoms with E-state index in [9.17, 15) is 0 Å². The molecule has 0 spiro atoms. The highest BCUT2D eigenvalue weighted by molar-refractivity contribution is 7.10. The fourth-order valence-corrected chi connectivity index (χ4v) is 3.37. The van der Waals surface area contributed by atoms with E-state index in [-0.39, 0.29) is 0 Å². The predicted octanol–water partition coefficient (Wildman–Crippen LogP) is 4.11. The van der Waals surface area contributed by atoms with E-state index in [2.05, 4.69) is 30.6 Å². The van der Waals surface area contributed by atoms with Gasteiger partial charge in [0.2, 0.25) is 0 Å². The van der Waals surface area contributed by atoms with Crippen LogP contribution in [0, 0.1) is 12.8 Å². The van der Waals surface area contributed by atoms with E-state index >= 15 is 0 Å². The molecule has 1 nitrogen and oxygen atoms in total. The summed E-state index contributed by atoms with van der Waals surface area (Å²) in [5.41, 5.74) is 1.44. The number of hydrogen-bond acceptors (Lipinski definition) is 2. The van der Waals surface area contributed by atoms with Crippen molar-refractivity contribution in [3.05, 3.63) is 21.9 Å². The third-order valence-electron chi connectivity index (χ3n) is 3.78. The van der Waals surface area contributed by atoms with Crippen molar-refractivity contribution in [2.75, 3.05) is 0 Å². The van der Waals surface area contributed by atoms with Gasteiger partial charge in [0.05, 0.1) is 0 Å². The molecule has 0 aromatic carbocycles. The lowest BCUT2D eigenvalue weighted by atomic mass is 10.0. The van der Waals surface area contributed by atoms with E-state index in [1.54, 1.807) is 0 Å². The van der Waals surface area contributed by atoms with Crippen LogP contribution in [0.4, 0.5) is 0 Å². The minimum Gasteiger partial charge on any atom is -0.309 e. The Balaban J connectivity index is 1.79. The summed E-state index contributed by atoms with van der Waals surface area (Å²) in [7, 11) is 0. The van der Waals surface area contributed by atoms with Gasteiger partial charge in [-0.05, 0) is 49.1 Å². The molecule has 1 aliphatic carbocycles. The van der Waals surface area contributed by atoms with Crippen LogP contribution in [0.15, 0.2) is 11.4 Å². The van der Waals surface area contributed by atoms with Gasteiger partial charge in [0, 0.05) is 17.5 Å². The second-order valence-electron chi connectivity index (χ2n) is 5.22. The molecule has 90 valence electrons. The van der Waals surface area contributed by atoms with E-state index < -0.39 is 0 Å². The molecule has 2 unspecified atom stereocenters. The Morgan fingerprint density at radius 3 is 2.94 bits per heavy atom. The minimum absolute atomic E-state index is 0.756. The average molecular weight is 237 g/mol. The second-order valence-corrected chi connectivity index (χ2v) is 6.22. The van der Waals surface area contributed by atoms with E-state index in [1.165, 1.54) is 42.5 Å². The molecule has 0 radical (unpaired) electrons. The highest BCUT2D eigenvalue weighted by Crippen LogP contribution is 2.23. The standard InChI is InChI=1S/C14H23NS/c1-11-4-3-5-13(7-6-11)15-10-14-12(2)8-9-16-14/h8-9,11,13,15H,3-7,10H2,1-2H3. The molecule has 2 rings (SSSR count). The van der Waals surface area contributed by atoms with Crippen molar-refractivity contribution < 1.29 is 0 Å². The molecular formula is C14H23NS. The molecule has 1 N–H and O–H groups in total. The first-order chi connectivity index (χ1) is 7.75. The smallest absolute Gasteiger partial charge is 0.0304 e. The van der Waals surface area contributed by atoms with Crippen LogP contribution < -0.4 is 5.32 Å². The van der Waals surface area contributed by atoms with Crippen molar-refractivity contribution in [2.24, 2.45) is 5.92 Å². The quantitative estimate of drug-likeness (QED) is 0.780. The largest absolute Gasteiger partial charge is 0.309 e. The maximum Gasteiger partial charge on any atom is 0.0304 e. The molecule has 1 saturated carbocycles. The third kappa shape index (κ3) is 3.33. The molecule has 0 bridgehead atoms. The lowest BCUT2D eigenvalue weighted by molar-refractivity contribution is 0.448. The van der Waals surface area contributed by atoms with Gasteiger partial charge < -0.3 is 5.32 Å². The van der Waals surface area contributed by atoms with Crippen molar-refractivity contribution >= 4 is 11.3 Å². The van der Waals surface area contributed by atoms with Gasteiger partial charge in [-0.3, -0.25) is 0 Å². The van der Waals surface area contributed by atoms with Crippen LogP contribution in [0.1, 0.15) is 49.5 Å². The number of aryl methyl sites for hydroxylation is 1. The third-order valence-corrected chi connectivity index (χ3v) is 4.80. The van der Waals surface area contributed by atoms with Gasteiger partial charge in [-0.25, -0.2) is 0 Å². The SMILES string of the molecule is Cc1ccsc1CNC1CCCC(C)CC1. The highest BCUT2D eigenvalue weighted by atomic mass is 32.1. The summed E-state index contributed by atoms with van der Waals surface area (Å²) >= 11 is 1.88. The van der Waals surface area contributed by atoms with E-state index in [4.69, 9.17) is 0 Å². The molecule has 1 aliphatic rings. The summed E-state index contributed by atoms with van der Waals surface area (Å²) in [6.45, 7) is 5.68. The Morgan fingerprint density at radius 1 is 1.31 bits per heavy atom. The topological polar surface area (TPSA) is 12.0 Å². The van der Waals surface area contributed by atoms with Gasteiger partial charge in [0.1, 0.15) is 0 Å². The Labute approximate surface area is 103 Å². The first-order valence-electron chi connectivity index (χ1n) is 6.52. The number of rotatable bonds is 3. The zero-order valence-corrected chi connectivity index (χ0v) is 11.3. The van der Waals surface area contributed by atoms with Crippen LogP contribution in [-0.4, -0.2) is 6.04 Å². The maximum absolute atomic E-state index is 3.74.